The lowest BCUT2D eigenvalue weighted by atomic mass is 10.1. The summed E-state index contributed by atoms with van der Waals surface area (Å²) in [6.07, 6.45) is 3.08. The number of amides is 1. The number of sulfonamides is 1. The van der Waals surface area contributed by atoms with Gasteiger partial charge in [0.15, 0.2) is 6.61 Å². The number of rotatable bonds is 7. The highest BCUT2D eigenvalue weighted by Gasteiger charge is 2.25. The average Bonchev–Trinajstić information content (AvgIpc) is 3.13. The van der Waals surface area contributed by atoms with Gasteiger partial charge < -0.3 is 10.1 Å². The lowest BCUT2D eigenvalue weighted by molar-refractivity contribution is -0.148. The standard InChI is InChI=1S/C20H21FN2O5S/c1-13(23-29(26,27)18-8-3-2-7-17(18)21)20(25)28-12-19(24)22-16-10-9-14-5-4-6-15(14)11-16/h2-3,7-11,13,23H,4-6,12H2,1H3,(H,22,24). The van der Waals surface area contributed by atoms with Gasteiger partial charge in [0.2, 0.25) is 10.0 Å². The average molecular weight is 420 g/mol. The molecular weight excluding hydrogens is 399 g/mol. The molecule has 9 heteroatoms. The Labute approximate surface area is 168 Å². The number of ether oxygens (including phenoxy) is 1. The molecule has 154 valence electrons. The summed E-state index contributed by atoms with van der Waals surface area (Å²) in [5.74, 6) is -2.43. The van der Waals surface area contributed by atoms with Crippen molar-refractivity contribution in [1.29, 1.82) is 0 Å². The summed E-state index contributed by atoms with van der Waals surface area (Å²) in [7, 11) is -4.25. The molecule has 0 saturated heterocycles. The number of esters is 1. The minimum atomic E-state index is -4.25. The molecule has 1 aliphatic rings. The van der Waals surface area contributed by atoms with Gasteiger partial charge >= 0.3 is 5.97 Å². The van der Waals surface area contributed by atoms with Gasteiger partial charge in [-0.05, 0) is 61.6 Å². The second-order valence-corrected chi connectivity index (χ2v) is 8.45. The molecule has 0 bridgehead atoms. The van der Waals surface area contributed by atoms with Crippen molar-refractivity contribution in [3.8, 4) is 0 Å². The van der Waals surface area contributed by atoms with Crippen LogP contribution in [0.1, 0.15) is 24.5 Å². The zero-order valence-electron chi connectivity index (χ0n) is 15.8. The Morgan fingerprint density at radius 1 is 1.14 bits per heavy atom. The number of halogens is 1. The summed E-state index contributed by atoms with van der Waals surface area (Å²) in [4.78, 5) is 23.5. The molecule has 0 fully saturated rings. The van der Waals surface area contributed by atoms with Crippen LogP contribution in [0.15, 0.2) is 47.4 Å². The minimum Gasteiger partial charge on any atom is -0.454 e. The Kier molecular flexibility index (Phi) is 6.29. The van der Waals surface area contributed by atoms with E-state index < -0.39 is 45.3 Å². The number of benzene rings is 2. The summed E-state index contributed by atoms with van der Waals surface area (Å²) in [5.41, 5.74) is 3.07. The molecule has 0 saturated carbocycles. The van der Waals surface area contributed by atoms with Crippen LogP contribution >= 0.6 is 0 Å². The number of hydrogen-bond donors (Lipinski definition) is 2. The van der Waals surface area contributed by atoms with E-state index >= 15 is 0 Å². The number of hydrogen-bond acceptors (Lipinski definition) is 5. The van der Waals surface area contributed by atoms with Crippen LogP contribution in [0.5, 0.6) is 0 Å². The molecule has 2 aromatic rings. The fourth-order valence-corrected chi connectivity index (χ4v) is 4.39. The van der Waals surface area contributed by atoms with E-state index in [-0.39, 0.29) is 0 Å². The maximum absolute atomic E-state index is 13.7. The molecule has 0 aromatic heterocycles. The highest BCUT2D eigenvalue weighted by atomic mass is 32.2. The first-order valence-electron chi connectivity index (χ1n) is 9.11. The van der Waals surface area contributed by atoms with Crippen molar-refractivity contribution in [2.45, 2.75) is 37.1 Å². The molecule has 3 rings (SSSR count). The zero-order valence-corrected chi connectivity index (χ0v) is 16.6. The first kappa shape index (κ1) is 20.9. The number of nitrogens with one attached hydrogen (secondary N) is 2. The molecule has 0 radical (unpaired) electrons. The second-order valence-electron chi connectivity index (χ2n) is 6.77. The van der Waals surface area contributed by atoms with Crippen LogP contribution in [0.25, 0.3) is 0 Å². The normalized spacial score (nSPS) is 14.1. The number of carbonyl (C=O) groups is 2. The van der Waals surface area contributed by atoms with E-state index in [4.69, 9.17) is 4.74 Å². The first-order chi connectivity index (χ1) is 13.8. The Morgan fingerprint density at radius 3 is 2.62 bits per heavy atom. The molecule has 1 amide bonds. The van der Waals surface area contributed by atoms with Crippen LogP contribution in [-0.2, 0) is 37.2 Å². The molecule has 7 nitrogen and oxygen atoms in total. The topological polar surface area (TPSA) is 102 Å². The number of anilines is 1. The Bertz CT molecular complexity index is 1040. The van der Waals surface area contributed by atoms with Crippen molar-refractivity contribution in [1.82, 2.24) is 4.72 Å². The Hall–Kier alpha value is -2.78. The maximum atomic E-state index is 13.7. The highest BCUT2D eigenvalue weighted by Crippen LogP contribution is 2.24. The van der Waals surface area contributed by atoms with Crippen LogP contribution in [0.4, 0.5) is 10.1 Å². The van der Waals surface area contributed by atoms with E-state index in [2.05, 4.69) is 5.32 Å². The summed E-state index contributed by atoms with van der Waals surface area (Å²) in [5, 5.41) is 2.64. The Morgan fingerprint density at radius 2 is 1.86 bits per heavy atom. The molecule has 0 spiro atoms. The summed E-state index contributed by atoms with van der Waals surface area (Å²) >= 11 is 0. The van der Waals surface area contributed by atoms with E-state index in [0.717, 1.165) is 31.4 Å². The van der Waals surface area contributed by atoms with E-state index in [0.29, 0.717) is 5.69 Å². The van der Waals surface area contributed by atoms with E-state index in [1.807, 2.05) is 16.9 Å². The first-order valence-corrected chi connectivity index (χ1v) is 10.6. The van der Waals surface area contributed by atoms with Gasteiger partial charge in [-0.3, -0.25) is 9.59 Å². The van der Waals surface area contributed by atoms with Crippen LogP contribution in [0.2, 0.25) is 0 Å². The van der Waals surface area contributed by atoms with Gasteiger partial charge in [0.05, 0.1) is 0 Å². The van der Waals surface area contributed by atoms with Crippen LogP contribution in [0.3, 0.4) is 0 Å². The van der Waals surface area contributed by atoms with Gasteiger partial charge in [0.25, 0.3) is 5.91 Å². The predicted octanol–water partition coefficient (Wildman–Crippen LogP) is 2.16. The summed E-state index contributed by atoms with van der Waals surface area (Å²) in [6, 6.07) is 9.15. The fourth-order valence-electron chi connectivity index (χ4n) is 3.12. The van der Waals surface area contributed by atoms with Gasteiger partial charge in [-0.2, -0.15) is 4.72 Å². The molecule has 0 aliphatic heterocycles. The predicted molar refractivity (Wildman–Crippen MR) is 104 cm³/mol. The third kappa shape index (κ3) is 5.18. The monoisotopic (exact) mass is 420 g/mol. The number of aryl methyl sites for hydroxylation is 2. The molecular formula is C20H21FN2O5S. The Balaban J connectivity index is 1.52. The maximum Gasteiger partial charge on any atom is 0.324 e. The van der Waals surface area contributed by atoms with E-state index in [1.165, 1.54) is 30.2 Å². The van der Waals surface area contributed by atoms with Crippen LogP contribution in [0, 0.1) is 5.82 Å². The molecule has 2 aromatic carbocycles. The van der Waals surface area contributed by atoms with Gasteiger partial charge in [-0.25, -0.2) is 12.8 Å². The lowest BCUT2D eigenvalue weighted by Gasteiger charge is -2.14. The highest BCUT2D eigenvalue weighted by molar-refractivity contribution is 7.89. The van der Waals surface area contributed by atoms with Crippen molar-refractivity contribution in [2.75, 3.05) is 11.9 Å². The molecule has 1 unspecified atom stereocenters. The van der Waals surface area contributed by atoms with Crippen molar-refractivity contribution < 1.29 is 27.1 Å². The lowest BCUT2D eigenvalue weighted by Crippen LogP contribution is -2.40. The van der Waals surface area contributed by atoms with Crippen molar-refractivity contribution in [2.24, 2.45) is 0 Å². The SMILES string of the molecule is CC(NS(=O)(=O)c1ccccc1F)C(=O)OCC(=O)Nc1ccc2c(c1)CCC2. The van der Waals surface area contributed by atoms with Gasteiger partial charge in [0.1, 0.15) is 16.8 Å². The van der Waals surface area contributed by atoms with Crippen molar-refractivity contribution in [3.63, 3.8) is 0 Å². The summed E-state index contributed by atoms with van der Waals surface area (Å²) < 4.78 is 45.0. The van der Waals surface area contributed by atoms with Gasteiger partial charge in [-0.15, -0.1) is 0 Å². The fraction of sp³-hybridized carbons (Fsp3) is 0.300. The zero-order chi connectivity index (χ0) is 21.0. The second kappa shape index (κ2) is 8.71. The molecule has 1 atom stereocenters. The quantitative estimate of drug-likeness (QED) is 0.669. The molecule has 0 heterocycles. The number of fused-ring (bicyclic) bond motifs is 1. The van der Waals surface area contributed by atoms with Crippen LogP contribution < -0.4 is 10.0 Å². The van der Waals surface area contributed by atoms with Gasteiger partial charge in [-0.1, -0.05) is 18.2 Å². The van der Waals surface area contributed by atoms with E-state index in [1.54, 1.807) is 6.07 Å². The molecule has 29 heavy (non-hydrogen) atoms. The molecule has 1 aliphatic carbocycles. The van der Waals surface area contributed by atoms with Gasteiger partial charge in [0, 0.05) is 5.69 Å². The van der Waals surface area contributed by atoms with E-state index in [9.17, 15) is 22.4 Å². The van der Waals surface area contributed by atoms with Crippen molar-refractivity contribution in [3.05, 3.63) is 59.4 Å². The third-order valence-electron chi connectivity index (χ3n) is 4.54. The minimum absolute atomic E-state index is 0.541. The molecule has 2 N–H and O–H groups in total. The third-order valence-corrected chi connectivity index (χ3v) is 6.11. The van der Waals surface area contributed by atoms with Crippen LogP contribution in [-0.4, -0.2) is 32.9 Å². The van der Waals surface area contributed by atoms with Crippen molar-refractivity contribution >= 4 is 27.6 Å². The number of carbonyl (C=O) groups excluding carboxylic acids is 2. The summed E-state index contributed by atoms with van der Waals surface area (Å²) in [6.45, 7) is 0.681. The largest absolute Gasteiger partial charge is 0.454 e. The smallest absolute Gasteiger partial charge is 0.324 e.